The molecular weight excluding hydrogens is 276 g/mol. The molecule has 0 saturated carbocycles. The van der Waals surface area contributed by atoms with E-state index in [-0.39, 0.29) is 9.49 Å². The Hall–Kier alpha value is 1.32. The van der Waals surface area contributed by atoms with Crippen molar-refractivity contribution in [1.29, 1.82) is 0 Å². The van der Waals surface area contributed by atoms with Crippen LogP contribution in [0.4, 0.5) is 0 Å². The summed E-state index contributed by atoms with van der Waals surface area (Å²) in [5.41, 5.74) is 0. The van der Waals surface area contributed by atoms with E-state index in [4.69, 9.17) is 0 Å². The molecule has 2 nitrogen and oxygen atoms in total. The van der Waals surface area contributed by atoms with Gasteiger partial charge in [-0.25, -0.2) is 0 Å². The van der Waals surface area contributed by atoms with Gasteiger partial charge in [-0.1, -0.05) is 21.6 Å². The molecule has 2 atom stereocenters. The summed E-state index contributed by atoms with van der Waals surface area (Å²) in [6.07, 6.45) is 0. The summed E-state index contributed by atoms with van der Waals surface area (Å²) < 4.78 is -0.100. The average molecular weight is 301 g/mol. The quantitative estimate of drug-likeness (QED) is 0.330. The van der Waals surface area contributed by atoms with Gasteiger partial charge in [0.05, 0.1) is 10.7 Å². The maximum absolute atomic E-state index is 4.60. The Morgan fingerprint density at radius 3 is 1.19 bits per heavy atom. The molecule has 0 aliphatic heterocycles. The molecule has 16 heavy (non-hydrogen) atoms. The van der Waals surface area contributed by atoms with E-state index in [9.17, 15) is 0 Å². The summed E-state index contributed by atoms with van der Waals surface area (Å²) >= 11 is 9.20. The van der Waals surface area contributed by atoms with E-state index in [2.05, 4.69) is 63.6 Å². The molecule has 0 aliphatic rings. The highest BCUT2D eigenvalue weighted by molar-refractivity contribution is 8.77. The molecule has 0 aromatic rings. The number of hydrogen-bond acceptors (Lipinski definition) is 6. The van der Waals surface area contributed by atoms with E-state index >= 15 is 0 Å². The zero-order chi connectivity index (χ0) is 13.0. The van der Waals surface area contributed by atoms with E-state index in [1.807, 2.05) is 14.1 Å². The molecule has 0 bridgehead atoms. The van der Waals surface area contributed by atoms with Crippen molar-refractivity contribution in [3.05, 3.63) is 0 Å². The van der Waals surface area contributed by atoms with E-state index < -0.39 is 0 Å². The van der Waals surface area contributed by atoms with Gasteiger partial charge < -0.3 is 10.6 Å². The number of hydrogen-bond donors (Lipinski definition) is 4. The first-order valence-corrected chi connectivity index (χ1v) is 8.41. The maximum Gasteiger partial charge on any atom is 0.0775 e. The van der Waals surface area contributed by atoms with Gasteiger partial charge in [0.1, 0.15) is 0 Å². The standard InChI is InChI=1S/C10H24N2S4/c1-9(2,13)7(11-5)15-16-8(12-6)10(3,4)14/h7-8,11-14H,1-6H3. The molecule has 0 amide bonds. The fraction of sp³-hybridized carbons (Fsp3) is 1.00. The molecule has 2 unspecified atom stereocenters. The Bertz CT molecular complexity index is 176. The second-order valence-corrected chi connectivity index (χ2v) is 9.62. The number of rotatable bonds is 7. The van der Waals surface area contributed by atoms with Gasteiger partial charge in [0, 0.05) is 9.49 Å². The van der Waals surface area contributed by atoms with Crippen molar-refractivity contribution in [2.45, 2.75) is 47.9 Å². The molecule has 2 N–H and O–H groups in total. The first-order chi connectivity index (χ1) is 7.12. The first kappa shape index (κ1) is 17.3. The van der Waals surface area contributed by atoms with Crippen LogP contribution in [0.5, 0.6) is 0 Å². The highest BCUT2D eigenvalue weighted by atomic mass is 33.1. The predicted molar refractivity (Wildman–Crippen MR) is 87.0 cm³/mol. The Labute approximate surface area is 119 Å². The molecule has 6 heteroatoms. The van der Waals surface area contributed by atoms with Crippen LogP contribution in [0.3, 0.4) is 0 Å². The van der Waals surface area contributed by atoms with Crippen LogP contribution in [0.2, 0.25) is 0 Å². The molecule has 98 valence electrons. The van der Waals surface area contributed by atoms with Gasteiger partial charge in [-0.3, -0.25) is 0 Å². The molecule has 0 rings (SSSR count). The third kappa shape index (κ3) is 6.31. The van der Waals surface area contributed by atoms with Gasteiger partial charge in [-0.2, -0.15) is 25.3 Å². The second-order valence-electron chi connectivity index (χ2n) is 4.84. The lowest BCUT2D eigenvalue weighted by Gasteiger charge is -2.33. The average Bonchev–Trinajstić information content (AvgIpc) is 2.08. The van der Waals surface area contributed by atoms with Gasteiger partial charge in [0.25, 0.3) is 0 Å². The molecule has 0 fully saturated rings. The SMILES string of the molecule is CNC(SSC(NC)C(C)(C)S)C(C)(C)S. The lowest BCUT2D eigenvalue weighted by Crippen LogP contribution is -2.41. The zero-order valence-corrected chi connectivity index (χ0v) is 14.3. The predicted octanol–water partition coefficient (Wildman–Crippen LogP) is 2.88. The Morgan fingerprint density at radius 2 is 1.06 bits per heavy atom. The minimum atomic E-state index is -0.0501. The molecule has 0 radical (unpaired) electrons. The third-order valence-electron chi connectivity index (χ3n) is 2.06. The Morgan fingerprint density at radius 1 is 0.812 bits per heavy atom. The lowest BCUT2D eigenvalue weighted by atomic mass is 10.2. The lowest BCUT2D eigenvalue weighted by molar-refractivity contribution is 0.600. The molecule has 0 spiro atoms. The molecular formula is C10H24N2S4. The van der Waals surface area contributed by atoms with Crippen LogP contribution in [0, 0.1) is 0 Å². The molecule has 0 aliphatic carbocycles. The largest absolute Gasteiger partial charge is 0.307 e. The van der Waals surface area contributed by atoms with E-state index in [1.165, 1.54) is 0 Å². The summed E-state index contributed by atoms with van der Waals surface area (Å²) in [4.78, 5) is 0. The van der Waals surface area contributed by atoms with Gasteiger partial charge in [-0.05, 0) is 41.8 Å². The molecule has 0 saturated heterocycles. The highest BCUT2D eigenvalue weighted by Gasteiger charge is 2.30. The van der Waals surface area contributed by atoms with E-state index in [0.717, 1.165) is 0 Å². The minimum absolute atomic E-state index is 0.0501. The summed E-state index contributed by atoms with van der Waals surface area (Å²) in [6.45, 7) is 8.46. The fourth-order valence-corrected chi connectivity index (χ4v) is 5.72. The van der Waals surface area contributed by atoms with Gasteiger partial charge in [0.15, 0.2) is 0 Å². The van der Waals surface area contributed by atoms with Gasteiger partial charge in [0.2, 0.25) is 0 Å². The minimum Gasteiger partial charge on any atom is -0.307 e. The summed E-state index contributed by atoms with van der Waals surface area (Å²) in [6, 6.07) is 0. The summed E-state index contributed by atoms with van der Waals surface area (Å²) in [7, 11) is 7.55. The number of thiol groups is 2. The monoisotopic (exact) mass is 300 g/mol. The smallest absolute Gasteiger partial charge is 0.0775 e. The Kier molecular flexibility index (Phi) is 7.62. The van der Waals surface area contributed by atoms with E-state index in [1.54, 1.807) is 21.6 Å². The normalized spacial score (nSPS) is 17.2. The van der Waals surface area contributed by atoms with Crippen LogP contribution in [0.1, 0.15) is 27.7 Å². The maximum atomic E-state index is 4.60. The fourth-order valence-electron chi connectivity index (χ4n) is 1.15. The number of nitrogens with one attached hydrogen (secondary N) is 2. The van der Waals surface area contributed by atoms with Crippen molar-refractivity contribution in [2.75, 3.05) is 14.1 Å². The highest BCUT2D eigenvalue weighted by Crippen LogP contribution is 2.40. The third-order valence-corrected chi connectivity index (χ3v) is 6.56. The van der Waals surface area contributed by atoms with E-state index in [0.29, 0.717) is 10.7 Å². The second kappa shape index (κ2) is 7.04. The van der Waals surface area contributed by atoms with Crippen molar-refractivity contribution < 1.29 is 0 Å². The van der Waals surface area contributed by atoms with Crippen LogP contribution in [-0.2, 0) is 0 Å². The van der Waals surface area contributed by atoms with Crippen molar-refractivity contribution in [3.63, 3.8) is 0 Å². The van der Waals surface area contributed by atoms with Crippen molar-refractivity contribution in [2.24, 2.45) is 0 Å². The van der Waals surface area contributed by atoms with Crippen LogP contribution in [0.15, 0.2) is 0 Å². The topological polar surface area (TPSA) is 24.1 Å². The summed E-state index contributed by atoms with van der Waals surface area (Å²) in [5.74, 6) is 0. The zero-order valence-electron chi connectivity index (χ0n) is 10.9. The van der Waals surface area contributed by atoms with Crippen molar-refractivity contribution >= 4 is 46.8 Å². The van der Waals surface area contributed by atoms with Crippen LogP contribution < -0.4 is 10.6 Å². The Balaban J connectivity index is 4.30. The molecule has 0 aromatic heterocycles. The molecule has 0 aromatic carbocycles. The van der Waals surface area contributed by atoms with Crippen LogP contribution >= 0.6 is 46.8 Å². The van der Waals surface area contributed by atoms with Crippen LogP contribution in [0.25, 0.3) is 0 Å². The van der Waals surface area contributed by atoms with Gasteiger partial charge in [-0.15, -0.1) is 0 Å². The van der Waals surface area contributed by atoms with Crippen LogP contribution in [-0.4, -0.2) is 34.3 Å². The van der Waals surface area contributed by atoms with Gasteiger partial charge >= 0.3 is 0 Å². The van der Waals surface area contributed by atoms with Crippen molar-refractivity contribution in [3.8, 4) is 0 Å². The van der Waals surface area contributed by atoms with Crippen molar-refractivity contribution in [1.82, 2.24) is 10.6 Å². The molecule has 0 heterocycles. The summed E-state index contributed by atoms with van der Waals surface area (Å²) in [5, 5.41) is 7.17. The first-order valence-electron chi connectivity index (χ1n) is 5.24.